The minimum Gasteiger partial charge on any atom is -0.478 e. The lowest BCUT2D eigenvalue weighted by Crippen LogP contribution is -2.40. The van der Waals surface area contributed by atoms with Gasteiger partial charge in [0.15, 0.2) is 17.7 Å². The van der Waals surface area contributed by atoms with Crippen molar-refractivity contribution in [3.05, 3.63) is 29.6 Å². The van der Waals surface area contributed by atoms with Crippen LogP contribution in [0.2, 0.25) is 0 Å². The molecule has 1 aromatic rings. The van der Waals surface area contributed by atoms with E-state index in [4.69, 9.17) is 10.5 Å². The molecule has 0 fully saturated rings. The fourth-order valence-corrected chi connectivity index (χ4v) is 1.67. The Bertz CT molecular complexity index is 435. The normalized spacial score (nSPS) is 12.3. The molecule has 0 bridgehead atoms. The summed E-state index contributed by atoms with van der Waals surface area (Å²) in [4.78, 5) is 11.8. The number of para-hydroxylation sites is 1. The monoisotopic (exact) mass is 268 g/mol. The average Bonchev–Trinajstić information content (AvgIpc) is 2.32. The van der Waals surface area contributed by atoms with Crippen molar-refractivity contribution in [2.24, 2.45) is 5.73 Å². The number of benzene rings is 1. The summed E-state index contributed by atoms with van der Waals surface area (Å²) in [7, 11) is 0. The molecule has 3 N–H and O–H groups in total. The van der Waals surface area contributed by atoms with Gasteiger partial charge >= 0.3 is 0 Å². The van der Waals surface area contributed by atoms with Crippen LogP contribution < -0.4 is 15.8 Å². The first-order chi connectivity index (χ1) is 8.95. The lowest BCUT2D eigenvalue weighted by Gasteiger charge is -2.18. The fourth-order valence-electron chi connectivity index (χ4n) is 1.67. The van der Waals surface area contributed by atoms with Crippen molar-refractivity contribution in [2.75, 3.05) is 6.54 Å². The van der Waals surface area contributed by atoms with Crippen LogP contribution in [0.25, 0.3) is 0 Å². The molecule has 0 aliphatic carbocycles. The van der Waals surface area contributed by atoms with Gasteiger partial charge in [0.2, 0.25) is 0 Å². The number of rotatable bonds is 6. The van der Waals surface area contributed by atoms with Gasteiger partial charge in [-0.05, 0) is 45.4 Å². The highest BCUT2D eigenvalue weighted by Crippen LogP contribution is 2.24. The Labute approximate surface area is 113 Å². The Kier molecular flexibility index (Phi) is 5.76. The fraction of sp³-hybridized carbons (Fsp3) is 0.500. The van der Waals surface area contributed by atoms with Gasteiger partial charge in [0, 0.05) is 6.04 Å². The predicted molar refractivity (Wildman–Crippen MR) is 72.5 cm³/mol. The number of hydrogen-bond acceptors (Lipinski definition) is 3. The second-order valence-electron chi connectivity index (χ2n) is 4.69. The second-order valence-corrected chi connectivity index (χ2v) is 4.69. The minimum absolute atomic E-state index is 0.0164. The minimum atomic E-state index is -0.754. The molecular weight excluding hydrogens is 247 g/mol. The first-order valence-electron chi connectivity index (χ1n) is 6.40. The van der Waals surface area contributed by atoms with Crippen molar-refractivity contribution in [1.29, 1.82) is 0 Å². The molecule has 1 amide bonds. The van der Waals surface area contributed by atoms with E-state index in [1.165, 1.54) is 6.07 Å². The molecule has 0 saturated heterocycles. The first kappa shape index (κ1) is 15.4. The number of carbonyl (C=O) groups is 1. The van der Waals surface area contributed by atoms with Gasteiger partial charge < -0.3 is 15.8 Å². The van der Waals surface area contributed by atoms with E-state index in [0.717, 1.165) is 0 Å². The molecule has 0 aromatic heterocycles. The molecule has 0 heterocycles. The summed E-state index contributed by atoms with van der Waals surface area (Å²) in [6, 6.07) is 4.68. The third kappa shape index (κ3) is 4.52. The highest BCUT2D eigenvalue weighted by molar-refractivity contribution is 5.80. The summed E-state index contributed by atoms with van der Waals surface area (Å²) in [6.45, 7) is 5.70. The maximum absolute atomic E-state index is 13.8. The van der Waals surface area contributed by atoms with E-state index in [1.54, 1.807) is 19.1 Å². The molecule has 0 aliphatic heterocycles. The largest absolute Gasteiger partial charge is 0.478 e. The Morgan fingerprint density at radius 1 is 1.42 bits per heavy atom. The zero-order valence-electron chi connectivity index (χ0n) is 11.6. The van der Waals surface area contributed by atoms with Crippen molar-refractivity contribution >= 4 is 5.91 Å². The highest BCUT2D eigenvalue weighted by Gasteiger charge is 2.19. The van der Waals surface area contributed by atoms with Gasteiger partial charge in [-0.15, -0.1) is 0 Å². The number of hydrogen-bond donors (Lipinski definition) is 2. The number of amides is 1. The molecular formula is C14H21FN2O2. The van der Waals surface area contributed by atoms with Crippen LogP contribution in [0, 0.1) is 5.82 Å². The summed E-state index contributed by atoms with van der Waals surface area (Å²) < 4.78 is 19.2. The summed E-state index contributed by atoms with van der Waals surface area (Å²) in [6.07, 6.45) is -0.248. The van der Waals surface area contributed by atoms with Crippen molar-refractivity contribution < 1.29 is 13.9 Å². The summed E-state index contributed by atoms with van der Waals surface area (Å²) in [5.41, 5.74) is 6.15. The van der Waals surface area contributed by atoms with Crippen LogP contribution in [0.15, 0.2) is 18.2 Å². The van der Waals surface area contributed by atoms with Crippen molar-refractivity contribution in [3.63, 3.8) is 0 Å². The number of nitrogens with two attached hydrogens (primary N) is 1. The lowest BCUT2D eigenvalue weighted by atomic mass is 10.1. The second kappa shape index (κ2) is 7.09. The number of carbonyl (C=O) groups excluding carboxylic acids is 1. The van der Waals surface area contributed by atoms with Crippen molar-refractivity contribution in [2.45, 2.75) is 39.3 Å². The molecule has 1 rings (SSSR count). The molecule has 0 radical (unpaired) electrons. The zero-order valence-corrected chi connectivity index (χ0v) is 11.6. The van der Waals surface area contributed by atoms with Gasteiger partial charge in [-0.2, -0.15) is 0 Å². The number of ether oxygens (including phenoxy) is 1. The molecule has 0 saturated carbocycles. The topological polar surface area (TPSA) is 64.3 Å². The van der Waals surface area contributed by atoms with E-state index in [1.807, 2.05) is 13.8 Å². The Balaban J connectivity index is 2.83. The van der Waals surface area contributed by atoms with E-state index in [-0.39, 0.29) is 17.7 Å². The summed E-state index contributed by atoms with van der Waals surface area (Å²) in [5, 5.41) is 2.72. The van der Waals surface area contributed by atoms with E-state index in [2.05, 4.69) is 5.32 Å². The standard InChI is InChI=1S/C14H21FN2O2/c1-9(2)17-14(18)10(3)19-13-11(7-8-16)5-4-6-12(13)15/h4-6,9-10H,7-8,16H2,1-3H3,(H,17,18). The van der Waals surface area contributed by atoms with Gasteiger partial charge in [0.05, 0.1) is 0 Å². The highest BCUT2D eigenvalue weighted by atomic mass is 19.1. The molecule has 0 aliphatic rings. The Morgan fingerprint density at radius 2 is 2.11 bits per heavy atom. The van der Waals surface area contributed by atoms with E-state index < -0.39 is 11.9 Å². The molecule has 0 spiro atoms. The summed E-state index contributed by atoms with van der Waals surface area (Å²) >= 11 is 0. The third-order valence-electron chi connectivity index (χ3n) is 2.56. The quantitative estimate of drug-likeness (QED) is 0.824. The van der Waals surface area contributed by atoms with Crippen LogP contribution in [0.4, 0.5) is 4.39 Å². The third-order valence-corrected chi connectivity index (χ3v) is 2.56. The van der Waals surface area contributed by atoms with E-state index >= 15 is 0 Å². The average molecular weight is 268 g/mol. The van der Waals surface area contributed by atoms with Crippen LogP contribution in [0.1, 0.15) is 26.3 Å². The molecule has 19 heavy (non-hydrogen) atoms. The maximum Gasteiger partial charge on any atom is 0.260 e. The lowest BCUT2D eigenvalue weighted by molar-refractivity contribution is -0.127. The van der Waals surface area contributed by atoms with E-state index in [0.29, 0.717) is 18.5 Å². The number of nitrogens with one attached hydrogen (secondary N) is 1. The van der Waals surface area contributed by atoms with Crippen LogP contribution in [0.5, 0.6) is 5.75 Å². The van der Waals surface area contributed by atoms with E-state index in [9.17, 15) is 9.18 Å². The Hall–Kier alpha value is -1.62. The van der Waals surface area contributed by atoms with Crippen LogP contribution in [-0.4, -0.2) is 24.6 Å². The van der Waals surface area contributed by atoms with Crippen LogP contribution in [-0.2, 0) is 11.2 Å². The molecule has 5 heteroatoms. The first-order valence-corrected chi connectivity index (χ1v) is 6.40. The molecule has 1 aromatic carbocycles. The SMILES string of the molecule is CC(C)NC(=O)C(C)Oc1c(F)cccc1CCN. The Morgan fingerprint density at radius 3 is 2.68 bits per heavy atom. The zero-order chi connectivity index (χ0) is 14.4. The van der Waals surface area contributed by atoms with Gasteiger partial charge in [0.25, 0.3) is 5.91 Å². The van der Waals surface area contributed by atoms with Gasteiger partial charge in [-0.25, -0.2) is 4.39 Å². The van der Waals surface area contributed by atoms with Gasteiger partial charge in [-0.3, -0.25) is 4.79 Å². The van der Waals surface area contributed by atoms with Crippen molar-refractivity contribution in [1.82, 2.24) is 5.32 Å². The molecule has 1 unspecified atom stereocenters. The maximum atomic E-state index is 13.8. The van der Waals surface area contributed by atoms with Gasteiger partial charge in [0.1, 0.15) is 0 Å². The van der Waals surface area contributed by atoms with Crippen LogP contribution >= 0.6 is 0 Å². The predicted octanol–water partition coefficient (Wildman–Crippen LogP) is 1.62. The molecule has 1 atom stereocenters. The smallest absolute Gasteiger partial charge is 0.260 e. The van der Waals surface area contributed by atoms with Crippen molar-refractivity contribution in [3.8, 4) is 5.75 Å². The summed E-state index contributed by atoms with van der Waals surface area (Å²) in [5.74, 6) is -0.633. The van der Waals surface area contributed by atoms with Crippen LogP contribution in [0.3, 0.4) is 0 Å². The number of halogens is 1. The molecule has 4 nitrogen and oxygen atoms in total. The molecule has 106 valence electrons. The van der Waals surface area contributed by atoms with Gasteiger partial charge in [-0.1, -0.05) is 12.1 Å².